The maximum atomic E-state index is 12.1. The number of hydrogen-bond donors (Lipinski definition) is 1. The van der Waals surface area contributed by atoms with Crippen LogP contribution < -0.4 is 17.0 Å². The smallest absolute Gasteiger partial charge is 0.302 e. The minimum absolute atomic E-state index is 0. The highest BCUT2D eigenvalue weighted by atomic mass is 79.9. The molecule has 6 aliphatic rings. The van der Waals surface area contributed by atoms with Crippen molar-refractivity contribution in [3.8, 4) is 0 Å². The van der Waals surface area contributed by atoms with E-state index in [1.165, 1.54) is 64.5 Å². The van der Waals surface area contributed by atoms with Crippen LogP contribution in [0.25, 0.3) is 0 Å². The second-order valence-corrected chi connectivity index (χ2v) is 14.7. The van der Waals surface area contributed by atoms with Crippen LogP contribution in [0, 0.1) is 34.5 Å². The standard InChI is InChI=1S/C31H53N2O4.BrH/c1-21(34)37-28-18-22-8-9-23-24(31(22,3)20-26(28)32-12-16-36-17-13-32)10-11-30(2)25(23)19-27(29(30)35)33(4)14-6-5-7-15-33;/h22-29,35H,5-20H2,1-4H3;1H/q+1;/p-1/t22-,23+,24-,25-,26-,27-,28-,29-,30-,31-;/m0./s1. The second kappa shape index (κ2) is 10.9. The van der Waals surface area contributed by atoms with Gasteiger partial charge in [0.2, 0.25) is 0 Å². The number of carbonyl (C=O) groups excluding carboxylic acids is 1. The summed E-state index contributed by atoms with van der Waals surface area (Å²) in [6.07, 6.45) is 12.2. The molecule has 0 unspecified atom stereocenters. The Kier molecular flexibility index (Phi) is 8.39. The molecule has 0 aromatic heterocycles. The predicted molar refractivity (Wildman–Crippen MR) is 144 cm³/mol. The van der Waals surface area contributed by atoms with Crippen molar-refractivity contribution in [2.45, 2.75) is 109 Å². The van der Waals surface area contributed by atoms with E-state index < -0.39 is 0 Å². The zero-order valence-electron chi connectivity index (χ0n) is 24.4. The highest BCUT2D eigenvalue weighted by molar-refractivity contribution is 5.66. The van der Waals surface area contributed by atoms with Crippen LogP contribution in [0.4, 0.5) is 0 Å². The van der Waals surface area contributed by atoms with Gasteiger partial charge in [-0.2, -0.15) is 0 Å². The first-order valence-corrected chi connectivity index (χ1v) is 15.7. The summed E-state index contributed by atoms with van der Waals surface area (Å²) >= 11 is 0. The molecule has 0 aromatic carbocycles. The van der Waals surface area contributed by atoms with Crippen molar-refractivity contribution in [3.63, 3.8) is 0 Å². The van der Waals surface area contributed by atoms with Gasteiger partial charge < -0.3 is 36.0 Å². The lowest BCUT2D eigenvalue weighted by molar-refractivity contribution is -0.940. The van der Waals surface area contributed by atoms with Crippen LogP contribution in [-0.4, -0.2) is 91.2 Å². The van der Waals surface area contributed by atoms with E-state index in [-0.39, 0.29) is 46.0 Å². The molecule has 6 fully saturated rings. The fourth-order valence-electron chi connectivity index (χ4n) is 11.0. The first-order valence-electron chi connectivity index (χ1n) is 15.7. The average Bonchev–Trinajstić information content (AvgIpc) is 3.16. The first-order chi connectivity index (χ1) is 17.7. The van der Waals surface area contributed by atoms with E-state index >= 15 is 0 Å². The summed E-state index contributed by atoms with van der Waals surface area (Å²) in [5.41, 5.74) is 0.364. The van der Waals surface area contributed by atoms with E-state index in [0.717, 1.165) is 55.5 Å². The van der Waals surface area contributed by atoms with Crippen LogP contribution in [0.3, 0.4) is 0 Å². The molecule has 10 atom stereocenters. The third-order valence-electron chi connectivity index (χ3n) is 13.1. The van der Waals surface area contributed by atoms with Crippen LogP contribution in [0.1, 0.15) is 85.0 Å². The minimum Gasteiger partial charge on any atom is -1.00 e. The largest absolute Gasteiger partial charge is 1.00 e. The quantitative estimate of drug-likeness (QED) is 0.392. The van der Waals surface area contributed by atoms with Gasteiger partial charge in [-0.05, 0) is 86.9 Å². The summed E-state index contributed by atoms with van der Waals surface area (Å²) < 4.78 is 12.8. The van der Waals surface area contributed by atoms with Crippen molar-refractivity contribution < 1.29 is 40.8 Å². The number of ether oxygens (including phenoxy) is 2. The van der Waals surface area contributed by atoms with Crippen molar-refractivity contribution in [1.82, 2.24) is 4.90 Å². The fourth-order valence-corrected chi connectivity index (χ4v) is 11.0. The molecule has 4 saturated carbocycles. The Balaban J connectivity index is 0.00000294. The van der Waals surface area contributed by atoms with E-state index in [1.807, 2.05) is 0 Å². The maximum absolute atomic E-state index is 12.1. The van der Waals surface area contributed by atoms with Crippen molar-refractivity contribution in [3.05, 3.63) is 0 Å². The van der Waals surface area contributed by atoms with E-state index in [0.29, 0.717) is 23.9 Å². The maximum Gasteiger partial charge on any atom is 0.302 e. The molecule has 0 aromatic rings. The van der Waals surface area contributed by atoms with Crippen LogP contribution in [0.5, 0.6) is 0 Å². The molecule has 2 heterocycles. The molecule has 38 heavy (non-hydrogen) atoms. The first kappa shape index (κ1) is 29.3. The number of esters is 1. The normalized spacial score (nSPS) is 48.7. The number of hydrogen-bond acceptors (Lipinski definition) is 5. The van der Waals surface area contributed by atoms with Crippen molar-refractivity contribution in [2.75, 3.05) is 46.4 Å². The highest BCUT2D eigenvalue weighted by Crippen LogP contribution is 2.67. The SMILES string of the molecule is CC(=O)O[C@H]1C[C@@H]2CC[C@@H]3[C@H](CC[C@]4(C)[C@@H](O)[C@@H]([N+]5(C)CCCCC5)C[C@@H]34)[C@@]2(C)C[C@@H]1N1CCOCC1.[Br-]. The Morgan fingerprint density at radius 1 is 1.00 bits per heavy atom. The van der Waals surface area contributed by atoms with Gasteiger partial charge in [0.1, 0.15) is 18.2 Å². The number of carbonyl (C=O) groups is 1. The van der Waals surface area contributed by atoms with Crippen LogP contribution >= 0.6 is 0 Å². The molecular weight excluding hydrogens is 544 g/mol. The number of quaternary nitrogens is 1. The molecule has 2 saturated heterocycles. The zero-order chi connectivity index (χ0) is 26.0. The lowest BCUT2D eigenvalue weighted by Gasteiger charge is -2.62. The second-order valence-electron chi connectivity index (χ2n) is 14.7. The third-order valence-corrected chi connectivity index (χ3v) is 13.1. The molecule has 0 amide bonds. The van der Waals surface area contributed by atoms with E-state index in [4.69, 9.17) is 9.47 Å². The molecule has 4 aliphatic carbocycles. The Morgan fingerprint density at radius 2 is 1.71 bits per heavy atom. The number of nitrogens with zero attached hydrogens (tertiary/aromatic N) is 2. The summed E-state index contributed by atoms with van der Waals surface area (Å²) in [7, 11) is 2.45. The Morgan fingerprint density at radius 3 is 2.39 bits per heavy atom. The summed E-state index contributed by atoms with van der Waals surface area (Å²) in [5.74, 6) is 2.60. The molecule has 218 valence electrons. The summed E-state index contributed by atoms with van der Waals surface area (Å²) in [6.45, 7) is 12.6. The zero-order valence-corrected chi connectivity index (χ0v) is 26.0. The number of aliphatic hydroxyl groups is 1. The molecule has 0 radical (unpaired) electrons. The van der Waals surface area contributed by atoms with E-state index in [9.17, 15) is 9.90 Å². The Bertz CT molecular complexity index is 861. The average molecular weight is 598 g/mol. The molecule has 6 rings (SSSR count). The van der Waals surface area contributed by atoms with Crippen LogP contribution in [-0.2, 0) is 14.3 Å². The van der Waals surface area contributed by atoms with Gasteiger partial charge in [0.05, 0.1) is 33.4 Å². The van der Waals surface area contributed by atoms with Crippen LogP contribution in [0.2, 0.25) is 0 Å². The summed E-state index contributed by atoms with van der Waals surface area (Å²) in [5, 5.41) is 11.9. The summed E-state index contributed by atoms with van der Waals surface area (Å²) in [4.78, 5) is 14.7. The Hall–Kier alpha value is -0.210. The molecule has 1 N–H and O–H groups in total. The number of fused-ring (bicyclic) bond motifs is 5. The van der Waals surface area contributed by atoms with E-state index in [1.54, 1.807) is 6.92 Å². The van der Waals surface area contributed by atoms with Crippen molar-refractivity contribution in [1.29, 1.82) is 0 Å². The van der Waals surface area contributed by atoms with Gasteiger partial charge in [-0.3, -0.25) is 9.69 Å². The van der Waals surface area contributed by atoms with Gasteiger partial charge in [-0.1, -0.05) is 13.8 Å². The summed E-state index contributed by atoms with van der Waals surface area (Å²) in [6, 6.07) is 0.723. The lowest BCUT2D eigenvalue weighted by Crippen LogP contribution is -3.00. The molecular formula is C31H53BrN2O4. The highest BCUT2D eigenvalue weighted by Gasteiger charge is 2.66. The number of morpholine rings is 1. The molecule has 6 nitrogen and oxygen atoms in total. The molecule has 2 aliphatic heterocycles. The van der Waals surface area contributed by atoms with Crippen molar-refractivity contribution in [2.24, 2.45) is 34.5 Å². The number of halogens is 1. The minimum atomic E-state index is -0.159. The number of aliphatic hydroxyl groups excluding tert-OH is 1. The number of likely N-dealkylation sites (tertiary alicyclic amines) is 1. The topological polar surface area (TPSA) is 59.0 Å². The molecule has 7 heteroatoms. The Labute approximate surface area is 241 Å². The number of piperidine rings is 1. The van der Waals surface area contributed by atoms with Crippen LogP contribution in [0.15, 0.2) is 0 Å². The monoisotopic (exact) mass is 596 g/mol. The number of rotatable bonds is 3. The van der Waals surface area contributed by atoms with Gasteiger partial charge in [-0.15, -0.1) is 0 Å². The van der Waals surface area contributed by atoms with Gasteiger partial charge in [-0.25, -0.2) is 0 Å². The third kappa shape index (κ3) is 4.72. The van der Waals surface area contributed by atoms with Gasteiger partial charge in [0.15, 0.2) is 0 Å². The molecule has 0 bridgehead atoms. The van der Waals surface area contributed by atoms with Gasteiger partial charge in [0.25, 0.3) is 0 Å². The van der Waals surface area contributed by atoms with Gasteiger partial charge in [0, 0.05) is 37.9 Å². The van der Waals surface area contributed by atoms with Gasteiger partial charge >= 0.3 is 5.97 Å². The molecule has 0 spiro atoms. The fraction of sp³-hybridized carbons (Fsp3) is 0.968. The lowest BCUT2D eigenvalue weighted by atomic mass is 9.44. The van der Waals surface area contributed by atoms with Crippen molar-refractivity contribution >= 4 is 5.97 Å². The predicted octanol–water partition coefficient (Wildman–Crippen LogP) is 1.25. The van der Waals surface area contributed by atoms with E-state index in [2.05, 4.69) is 25.8 Å². The number of likely N-dealkylation sites (N-methyl/N-ethyl adjacent to an activating group) is 1.